The van der Waals surface area contributed by atoms with E-state index in [1.54, 1.807) is 30.6 Å². The van der Waals surface area contributed by atoms with Crippen LogP contribution in [0.2, 0.25) is 10.0 Å². The molecule has 0 saturated heterocycles. The summed E-state index contributed by atoms with van der Waals surface area (Å²) in [6.45, 7) is 0. The fourth-order valence-corrected chi connectivity index (χ4v) is 4.16. The lowest BCUT2D eigenvalue weighted by Gasteiger charge is -2.15. The summed E-state index contributed by atoms with van der Waals surface area (Å²) in [5, 5.41) is 3.25. The third kappa shape index (κ3) is 5.41. The second kappa shape index (κ2) is 10.3. The van der Waals surface area contributed by atoms with Crippen LogP contribution in [0.1, 0.15) is 20.8 Å². The molecular formula is C19H13Br2Cl2N5O4. The average molecular weight is 606 g/mol. The summed E-state index contributed by atoms with van der Waals surface area (Å²) in [5.41, 5.74) is 4.53. The first-order chi connectivity index (χ1) is 15.2. The van der Waals surface area contributed by atoms with Crippen molar-refractivity contribution in [1.29, 1.82) is 0 Å². The van der Waals surface area contributed by atoms with Gasteiger partial charge in [0.25, 0.3) is 11.8 Å². The number of hydrogen-bond acceptors (Lipinski definition) is 5. The van der Waals surface area contributed by atoms with E-state index in [0.29, 0.717) is 19.8 Å². The quantitative estimate of drug-likeness (QED) is 0.364. The van der Waals surface area contributed by atoms with E-state index in [2.05, 4.69) is 57.7 Å². The number of amides is 3. The molecule has 0 atom stereocenters. The maximum atomic E-state index is 13.2. The number of nitrogens with one attached hydrogen (secondary N) is 3. The molecule has 0 fully saturated rings. The normalized spacial score (nSPS) is 10.4. The van der Waals surface area contributed by atoms with Gasteiger partial charge in [-0.15, -0.1) is 0 Å². The number of pyridine rings is 1. The molecule has 32 heavy (non-hydrogen) atoms. The number of rotatable bonds is 4. The van der Waals surface area contributed by atoms with Crippen LogP contribution in [0.25, 0.3) is 5.82 Å². The molecule has 0 saturated carbocycles. The lowest BCUT2D eigenvalue weighted by atomic mass is 10.1. The number of carbonyl (C=O) groups is 3. The Labute approximate surface area is 208 Å². The summed E-state index contributed by atoms with van der Waals surface area (Å²) in [6.07, 6.45) is 2.30. The van der Waals surface area contributed by atoms with Crippen LogP contribution in [0.5, 0.6) is 0 Å². The molecule has 13 heteroatoms. The van der Waals surface area contributed by atoms with Gasteiger partial charge in [-0.25, -0.2) is 15.2 Å². The van der Waals surface area contributed by atoms with Crippen molar-refractivity contribution in [3.05, 3.63) is 73.0 Å². The van der Waals surface area contributed by atoms with Crippen LogP contribution in [0, 0.1) is 0 Å². The number of aromatic nitrogens is 2. The van der Waals surface area contributed by atoms with Crippen LogP contribution in [0.3, 0.4) is 0 Å². The maximum absolute atomic E-state index is 13.2. The zero-order valence-electron chi connectivity index (χ0n) is 16.1. The van der Waals surface area contributed by atoms with Gasteiger partial charge in [0.05, 0.1) is 23.4 Å². The summed E-state index contributed by atoms with van der Waals surface area (Å²) in [6, 6.07) is 7.73. The predicted octanol–water partition coefficient (Wildman–Crippen LogP) is 4.96. The van der Waals surface area contributed by atoms with E-state index in [9.17, 15) is 14.4 Å². The van der Waals surface area contributed by atoms with Crippen LogP contribution in [-0.2, 0) is 4.74 Å². The Morgan fingerprint density at radius 1 is 1.09 bits per heavy atom. The lowest BCUT2D eigenvalue weighted by molar-refractivity contribution is 0.0921. The molecule has 3 rings (SSSR count). The fourth-order valence-electron chi connectivity index (χ4n) is 2.62. The van der Waals surface area contributed by atoms with Crippen molar-refractivity contribution in [2.45, 2.75) is 0 Å². The molecule has 166 valence electrons. The molecule has 2 aromatic heterocycles. The fraction of sp³-hybridized carbons (Fsp3) is 0.0526. The molecule has 0 bridgehead atoms. The first-order valence-corrected chi connectivity index (χ1v) is 11.0. The van der Waals surface area contributed by atoms with Crippen molar-refractivity contribution in [2.75, 3.05) is 12.4 Å². The van der Waals surface area contributed by atoms with Gasteiger partial charge in [-0.05, 0) is 62.2 Å². The van der Waals surface area contributed by atoms with E-state index < -0.39 is 17.9 Å². The van der Waals surface area contributed by atoms with Gasteiger partial charge in [0.1, 0.15) is 5.69 Å². The van der Waals surface area contributed by atoms with Gasteiger partial charge < -0.3 is 10.1 Å². The number of carbonyl (C=O) groups excluding carboxylic acids is 3. The third-order valence-corrected chi connectivity index (χ3v) is 5.56. The van der Waals surface area contributed by atoms with Crippen molar-refractivity contribution in [1.82, 2.24) is 20.4 Å². The highest BCUT2D eigenvalue weighted by Crippen LogP contribution is 2.32. The van der Waals surface area contributed by atoms with E-state index in [1.165, 1.54) is 16.7 Å². The minimum atomic E-state index is -0.875. The number of ether oxygens (including phenoxy) is 1. The number of hydrogen-bond donors (Lipinski definition) is 3. The molecule has 3 aromatic rings. The second-order valence-corrected chi connectivity index (χ2v) is 8.67. The standard InChI is InChI=1S/C19H13Br2Cl2N5O4/c1-32-19(31)27-26-17(29)11-6-10(22)7-12(21)15(11)25-18(30)14-5-9(20)8-28(14)16-13(23)3-2-4-24-16/h2-8H,1H3,(H,25,30)(H,26,29)(H,27,31). The summed E-state index contributed by atoms with van der Waals surface area (Å²) in [5.74, 6) is -0.950. The Morgan fingerprint density at radius 3 is 2.53 bits per heavy atom. The molecule has 0 spiro atoms. The zero-order chi connectivity index (χ0) is 23.4. The lowest BCUT2D eigenvalue weighted by Crippen LogP contribution is -2.41. The summed E-state index contributed by atoms with van der Waals surface area (Å²) in [4.78, 5) is 41.2. The number of hydrazine groups is 1. The first-order valence-electron chi connectivity index (χ1n) is 8.64. The predicted molar refractivity (Wildman–Crippen MR) is 126 cm³/mol. The largest absolute Gasteiger partial charge is 0.452 e. The molecule has 0 unspecified atom stereocenters. The van der Waals surface area contributed by atoms with Gasteiger partial charge in [-0.1, -0.05) is 23.2 Å². The van der Waals surface area contributed by atoms with Gasteiger partial charge in [0.2, 0.25) is 0 Å². The first kappa shape index (κ1) is 24.1. The van der Waals surface area contributed by atoms with Crippen molar-refractivity contribution in [2.24, 2.45) is 0 Å². The van der Waals surface area contributed by atoms with E-state index in [0.717, 1.165) is 7.11 Å². The summed E-state index contributed by atoms with van der Waals surface area (Å²) in [7, 11) is 1.14. The van der Waals surface area contributed by atoms with Crippen LogP contribution in [0.4, 0.5) is 10.5 Å². The summed E-state index contributed by atoms with van der Waals surface area (Å²) < 4.78 is 6.87. The maximum Gasteiger partial charge on any atom is 0.425 e. The van der Waals surface area contributed by atoms with E-state index in [4.69, 9.17) is 23.2 Å². The van der Waals surface area contributed by atoms with E-state index in [1.807, 2.05) is 0 Å². The molecule has 0 radical (unpaired) electrons. The van der Waals surface area contributed by atoms with Crippen LogP contribution in [-0.4, -0.2) is 34.6 Å². The van der Waals surface area contributed by atoms with Crippen LogP contribution >= 0.6 is 55.1 Å². The minimum absolute atomic E-state index is 0.0119. The molecule has 0 aliphatic carbocycles. The van der Waals surface area contributed by atoms with Crippen molar-refractivity contribution in [3.8, 4) is 5.82 Å². The number of nitrogens with zero attached hydrogens (tertiary/aromatic N) is 2. The van der Waals surface area contributed by atoms with Crippen molar-refractivity contribution in [3.63, 3.8) is 0 Å². The number of anilines is 1. The smallest absolute Gasteiger partial charge is 0.425 e. The number of benzene rings is 1. The van der Waals surface area contributed by atoms with Crippen LogP contribution < -0.4 is 16.2 Å². The van der Waals surface area contributed by atoms with Gasteiger partial charge in [-0.3, -0.25) is 19.6 Å². The highest BCUT2D eigenvalue weighted by atomic mass is 79.9. The van der Waals surface area contributed by atoms with E-state index in [-0.39, 0.29) is 22.0 Å². The Morgan fingerprint density at radius 2 is 1.84 bits per heavy atom. The molecule has 1 aromatic carbocycles. The van der Waals surface area contributed by atoms with Gasteiger partial charge in [0.15, 0.2) is 5.82 Å². The molecule has 3 amide bonds. The molecule has 2 heterocycles. The SMILES string of the molecule is COC(=O)NNC(=O)c1cc(Cl)cc(Br)c1NC(=O)c1cc(Br)cn1-c1ncccc1Cl. The number of methoxy groups -OCH3 is 1. The van der Waals surface area contributed by atoms with Crippen molar-refractivity contribution < 1.29 is 19.1 Å². The molecule has 9 nitrogen and oxygen atoms in total. The second-order valence-electron chi connectivity index (χ2n) is 6.06. The van der Waals surface area contributed by atoms with Crippen LogP contribution in [0.15, 0.2) is 51.7 Å². The van der Waals surface area contributed by atoms with Gasteiger partial charge in [-0.2, -0.15) is 0 Å². The topological polar surface area (TPSA) is 114 Å². The Bertz CT molecular complexity index is 1220. The average Bonchev–Trinajstić information content (AvgIpc) is 3.15. The third-order valence-electron chi connectivity index (χ3n) is 3.99. The van der Waals surface area contributed by atoms with E-state index >= 15 is 0 Å². The Kier molecular flexibility index (Phi) is 7.77. The monoisotopic (exact) mass is 603 g/mol. The highest BCUT2D eigenvalue weighted by Gasteiger charge is 2.22. The number of halogens is 4. The van der Waals surface area contributed by atoms with Gasteiger partial charge >= 0.3 is 6.09 Å². The Balaban J connectivity index is 1.96. The highest BCUT2D eigenvalue weighted by molar-refractivity contribution is 9.10. The minimum Gasteiger partial charge on any atom is -0.452 e. The molecule has 0 aliphatic rings. The molecule has 0 aliphatic heterocycles. The molecule has 3 N–H and O–H groups in total. The summed E-state index contributed by atoms with van der Waals surface area (Å²) >= 11 is 19.0. The Hall–Kier alpha value is -2.60. The zero-order valence-corrected chi connectivity index (χ0v) is 20.8. The molecular weight excluding hydrogens is 593 g/mol. The van der Waals surface area contributed by atoms with Gasteiger partial charge in [0, 0.05) is 26.4 Å². The van der Waals surface area contributed by atoms with Crippen molar-refractivity contribution >= 4 is 78.7 Å².